The molecule has 0 amide bonds. The van der Waals surface area contributed by atoms with Crippen molar-refractivity contribution in [3.8, 4) is 0 Å². The Bertz CT molecular complexity index is 608. The molecule has 1 heterocycles. The van der Waals surface area contributed by atoms with Gasteiger partial charge in [0.15, 0.2) is 0 Å². The lowest BCUT2D eigenvalue weighted by atomic mass is 9.99. The molecule has 0 spiro atoms. The van der Waals surface area contributed by atoms with Crippen LogP contribution in [0, 0.1) is 6.92 Å². The van der Waals surface area contributed by atoms with Crippen LogP contribution in [0.25, 0.3) is 10.9 Å². The van der Waals surface area contributed by atoms with Gasteiger partial charge in [-0.1, -0.05) is 19.9 Å². The van der Waals surface area contributed by atoms with E-state index in [1.54, 1.807) is 0 Å². The van der Waals surface area contributed by atoms with Crippen molar-refractivity contribution in [3.63, 3.8) is 0 Å². The highest BCUT2D eigenvalue weighted by molar-refractivity contribution is 5.89. The average Bonchev–Trinajstić information content (AvgIpc) is 2.53. The van der Waals surface area contributed by atoms with E-state index in [9.17, 15) is 4.79 Å². The smallest absolute Gasteiger partial charge is 0.307 e. The van der Waals surface area contributed by atoms with Crippen LogP contribution < -0.4 is 0 Å². The summed E-state index contributed by atoms with van der Waals surface area (Å²) >= 11 is 0. The molecule has 0 radical (unpaired) electrons. The topological polar surface area (TPSA) is 42.2 Å². The van der Waals surface area contributed by atoms with Crippen LogP contribution in [0.3, 0.4) is 0 Å². The molecule has 0 aliphatic carbocycles. The lowest BCUT2D eigenvalue weighted by Gasteiger charge is -2.06. The number of aromatic nitrogens is 1. The standard InChI is InChI=1S/C15H19NO2/c1-9(2)11-5-6-14-13(7-11)12(8-15(17)18)10(3)16(14)4/h5-7,9H,8H2,1-4H3,(H,17,18). The van der Waals surface area contributed by atoms with Gasteiger partial charge in [0.25, 0.3) is 0 Å². The van der Waals surface area contributed by atoms with E-state index in [1.807, 2.05) is 14.0 Å². The molecule has 0 fully saturated rings. The van der Waals surface area contributed by atoms with Gasteiger partial charge in [0.1, 0.15) is 0 Å². The Balaban J connectivity index is 2.70. The second-order valence-corrected chi connectivity index (χ2v) is 5.12. The van der Waals surface area contributed by atoms with E-state index in [0.717, 1.165) is 22.2 Å². The maximum atomic E-state index is 11.0. The van der Waals surface area contributed by atoms with Gasteiger partial charge in [-0.2, -0.15) is 0 Å². The number of aliphatic carboxylic acids is 1. The molecule has 2 aromatic rings. The molecule has 0 saturated heterocycles. The van der Waals surface area contributed by atoms with E-state index in [2.05, 4.69) is 36.6 Å². The summed E-state index contributed by atoms with van der Waals surface area (Å²) in [5.74, 6) is -0.326. The summed E-state index contributed by atoms with van der Waals surface area (Å²) in [5.41, 5.74) is 4.32. The summed E-state index contributed by atoms with van der Waals surface area (Å²) in [6.45, 7) is 6.27. The highest BCUT2D eigenvalue weighted by atomic mass is 16.4. The van der Waals surface area contributed by atoms with Gasteiger partial charge >= 0.3 is 5.97 Å². The quantitative estimate of drug-likeness (QED) is 0.902. The Hall–Kier alpha value is -1.77. The molecule has 1 aromatic heterocycles. The number of rotatable bonds is 3. The Labute approximate surface area is 107 Å². The molecule has 3 nitrogen and oxygen atoms in total. The number of carbonyl (C=O) groups is 1. The average molecular weight is 245 g/mol. The van der Waals surface area contributed by atoms with Gasteiger partial charge in [-0.15, -0.1) is 0 Å². The third-order valence-corrected chi connectivity index (χ3v) is 3.64. The second kappa shape index (κ2) is 4.48. The summed E-state index contributed by atoms with van der Waals surface area (Å²) in [5, 5.41) is 10.1. The van der Waals surface area contributed by atoms with Gasteiger partial charge in [-0.25, -0.2) is 0 Å². The number of nitrogens with zero attached hydrogens (tertiary/aromatic N) is 1. The second-order valence-electron chi connectivity index (χ2n) is 5.12. The normalized spacial score (nSPS) is 11.4. The van der Waals surface area contributed by atoms with Gasteiger partial charge in [-0.05, 0) is 36.1 Å². The number of carboxylic acids is 1. The first-order valence-corrected chi connectivity index (χ1v) is 6.21. The minimum Gasteiger partial charge on any atom is -0.481 e. The van der Waals surface area contributed by atoms with Crippen LogP contribution >= 0.6 is 0 Å². The zero-order chi connectivity index (χ0) is 13.4. The first-order valence-electron chi connectivity index (χ1n) is 6.21. The Morgan fingerprint density at radius 3 is 2.61 bits per heavy atom. The van der Waals surface area contributed by atoms with Crippen molar-refractivity contribution in [1.82, 2.24) is 4.57 Å². The maximum Gasteiger partial charge on any atom is 0.307 e. The van der Waals surface area contributed by atoms with Crippen molar-refractivity contribution < 1.29 is 9.90 Å². The molecule has 0 unspecified atom stereocenters. The van der Waals surface area contributed by atoms with Gasteiger partial charge in [0, 0.05) is 23.6 Å². The molecule has 0 atom stereocenters. The van der Waals surface area contributed by atoms with Crippen molar-refractivity contribution in [2.45, 2.75) is 33.1 Å². The highest BCUT2D eigenvalue weighted by Crippen LogP contribution is 2.28. The van der Waals surface area contributed by atoms with Crippen molar-refractivity contribution in [2.75, 3.05) is 0 Å². The van der Waals surface area contributed by atoms with Gasteiger partial charge < -0.3 is 9.67 Å². The van der Waals surface area contributed by atoms with Gasteiger partial charge in [0.05, 0.1) is 6.42 Å². The molecule has 0 aliphatic heterocycles. The first-order chi connectivity index (χ1) is 8.41. The molecular formula is C15H19NO2. The van der Waals surface area contributed by atoms with E-state index in [-0.39, 0.29) is 6.42 Å². The zero-order valence-corrected chi connectivity index (χ0v) is 11.3. The van der Waals surface area contributed by atoms with E-state index in [0.29, 0.717) is 5.92 Å². The number of benzene rings is 1. The predicted molar refractivity (Wildman–Crippen MR) is 73.1 cm³/mol. The fourth-order valence-corrected chi connectivity index (χ4v) is 2.40. The van der Waals surface area contributed by atoms with E-state index in [4.69, 9.17) is 5.11 Å². The molecular weight excluding hydrogens is 226 g/mol. The zero-order valence-electron chi connectivity index (χ0n) is 11.3. The third-order valence-electron chi connectivity index (χ3n) is 3.64. The lowest BCUT2D eigenvalue weighted by molar-refractivity contribution is -0.136. The van der Waals surface area contributed by atoms with E-state index >= 15 is 0 Å². The number of aryl methyl sites for hydroxylation is 1. The number of hydrogen-bond acceptors (Lipinski definition) is 1. The van der Waals surface area contributed by atoms with Gasteiger partial charge in [0.2, 0.25) is 0 Å². The number of carboxylic acid groups (broad SMARTS) is 1. The summed E-state index contributed by atoms with van der Waals surface area (Å²) in [4.78, 5) is 11.0. The fourth-order valence-electron chi connectivity index (χ4n) is 2.40. The fraction of sp³-hybridized carbons (Fsp3) is 0.400. The summed E-state index contributed by atoms with van der Waals surface area (Å²) in [6.07, 6.45) is 0.0880. The molecule has 1 aromatic carbocycles. The van der Waals surface area contributed by atoms with Crippen molar-refractivity contribution in [2.24, 2.45) is 7.05 Å². The van der Waals surface area contributed by atoms with E-state index in [1.165, 1.54) is 5.56 Å². The Morgan fingerprint density at radius 1 is 1.39 bits per heavy atom. The van der Waals surface area contributed by atoms with Crippen LogP contribution in [0.1, 0.15) is 36.6 Å². The van der Waals surface area contributed by atoms with Gasteiger partial charge in [-0.3, -0.25) is 4.79 Å². The summed E-state index contributed by atoms with van der Waals surface area (Å²) in [7, 11) is 1.98. The van der Waals surface area contributed by atoms with Crippen LogP contribution in [0.5, 0.6) is 0 Å². The third kappa shape index (κ3) is 2.01. The molecule has 2 rings (SSSR count). The molecule has 0 saturated carbocycles. The summed E-state index contributed by atoms with van der Waals surface area (Å²) < 4.78 is 2.07. The van der Waals surface area contributed by atoms with Crippen LogP contribution in [0.2, 0.25) is 0 Å². The number of hydrogen-bond donors (Lipinski definition) is 1. The molecule has 0 aliphatic rings. The van der Waals surface area contributed by atoms with Crippen LogP contribution in [0.4, 0.5) is 0 Å². The van der Waals surface area contributed by atoms with E-state index < -0.39 is 5.97 Å². The monoisotopic (exact) mass is 245 g/mol. The lowest BCUT2D eigenvalue weighted by Crippen LogP contribution is -2.02. The van der Waals surface area contributed by atoms with Crippen LogP contribution in [-0.4, -0.2) is 15.6 Å². The molecule has 1 N–H and O–H groups in total. The Kier molecular flexibility index (Phi) is 3.16. The molecule has 18 heavy (non-hydrogen) atoms. The van der Waals surface area contributed by atoms with Crippen molar-refractivity contribution in [1.29, 1.82) is 0 Å². The van der Waals surface area contributed by atoms with Crippen LogP contribution in [0.15, 0.2) is 18.2 Å². The predicted octanol–water partition coefficient (Wildman–Crippen LogP) is 3.24. The van der Waals surface area contributed by atoms with Crippen LogP contribution in [-0.2, 0) is 18.3 Å². The summed E-state index contributed by atoms with van der Waals surface area (Å²) in [6, 6.07) is 6.34. The molecule has 0 bridgehead atoms. The molecule has 96 valence electrons. The largest absolute Gasteiger partial charge is 0.481 e. The minimum absolute atomic E-state index is 0.0880. The highest BCUT2D eigenvalue weighted by Gasteiger charge is 2.15. The molecule has 3 heteroatoms. The van der Waals surface area contributed by atoms with Crippen molar-refractivity contribution >= 4 is 16.9 Å². The number of fused-ring (bicyclic) bond motifs is 1. The first kappa shape index (κ1) is 12.7. The Morgan fingerprint density at radius 2 is 2.06 bits per heavy atom. The maximum absolute atomic E-state index is 11.0. The SMILES string of the molecule is Cc1c(CC(=O)O)c2cc(C(C)C)ccc2n1C. The van der Waals surface area contributed by atoms with Crippen molar-refractivity contribution in [3.05, 3.63) is 35.0 Å². The minimum atomic E-state index is -0.777.